The van der Waals surface area contributed by atoms with Gasteiger partial charge in [-0.1, -0.05) is 78.9 Å². The number of thiophene rings is 1. The van der Waals surface area contributed by atoms with E-state index in [1.807, 2.05) is 66.0 Å². The van der Waals surface area contributed by atoms with Gasteiger partial charge in [-0.25, -0.2) is 0 Å². The molecular formula is C31H24N2O3S. The highest BCUT2D eigenvalue weighted by molar-refractivity contribution is 7.11. The number of hydrogen-bond donors (Lipinski definition) is 3. The molecule has 1 amide bonds. The molecule has 3 N–H and O–H groups in total. The van der Waals surface area contributed by atoms with Gasteiger partial charge in [0.25, 0.3) is 0 Å². The molecule has 0 saturated heterocycles. The first kappa shape index (κ1) is 22.9. The number of carbonyl (C=O) groups excluding carboxylic acids is 1. The Hall–Kier alpha value is -4.55. The highest BCUT2D eigenvalue weighted by atomic mass is 32.1. The van der Waals surface area contributed by atoms with E-state index in [0.29, 0.717) is 17.1 Å². The van der Waals surface area contributed by atoms with Crippen molar-refractivity contribution in [3.63, 3.8) is 0 Å². The predicted molar refractivity (Wildman–Crippen MR) is 148 cm³/mol. The second-order valence-corrected chi connectivity index (χ2v) is 9.87. The number of amides is 1. The molecule has 0 fully saturated rings. The number of fused-ring (bicyclic) bond motifs is 1. The maximum Gasteiger partial charge on any atom is 0.239 e. The van der Waals surface area contributed by atoms with E-state index in [0.717, 1.165) is 21.6 Å². The summed E-state index contributed by atoms with van der Waals surface area (Å²) in [5.41, 5.74) is 2.92. The molecule has 1 unspecified atom stereocenters. The molecule has 6 heteroatoms. The van der Waals surface area contributed by atoms with Crippen molar-refractivity contribution in [3.8, 4) is 16.9 Å². The highest BCUT2D eigenvalue weighted by Crippen LogP contribution is 2.45. The molecule has 1 aliphatic heterocycles. The van der Waals surface area contributed by atoms with Crippen LogP contribution in [0.1, 0.15) is 22.9 Å². The van der Waals surface area contributed by atoms with Gasteiger partial charge < -0.3 is 15.2 Å². The van der Waals surface area contributed by atoms with Crippen LogP contribution in [0.3, 0.4) is 0 Å². The second-order valence-electron chi connectivity index (χ2n) is 8.93. The van der Waals surface area contributed by atoms with Crippen LogP contribution in [0.2, 0.25) is 0 Å². The maximum atomic E-state index is 12.1. The number of hydrogen-bond acceptors (Lipinski definition) is 5. The van der Waals surface area contributed by atoms with Crippen LogP contribution in [0.4, 0.5) is 0 Å². The zero-order valence-corrected chi connectivity index (χ0v) is 20.9. The van der Waals surface area contributed by atoms with E-state index in [1.54, 1.807) is 12.1 Å². The van der Waals surface area contributed by atoms with Gasteiger partial charge in [0.15, 0.2) is 0 Å². The fraction of sp³-hybridized carbons (Fsp3) is 0.0645. The zero-order chi connectivity index (χ0) is 25.4. The summed E-state index contributed by atoms with van der Waals surface area (Å²) in [7, 11) is 0. The second kappa shape index (κ2) is 9.15. The minimum Gasteiger partial charge on any atom is -0.507 e. The molecule has 5 aromatic rings. The summed E-state index contributed by atoms with van der Waals surface area (Å²) in [6.45, 7) is 1.45. The van der Waals surface area contributed by atoms with E-state index in [-0.39, 0.29) is 11.7 Å². The minimum atomic E-state index is -1.25. The van der Waals surface area contributed by atoms with Gasteiger partial charge in [0, 0.05) is 12.5 Å². The van der Waals surface area contributed by atoms with Crippen LogP contribution >= 0.6 is 11.3 Å². The number of phenolic OH excluding ortho intramolecular Hbond substituents is 1. The van der Waals surface area contributed by atoms with E-state index < -0.39 is 5.72 Å². The summed E-state index contributed by atoms with van der Waals surface area (Å²) in [4.78, 5) is 13.0. The Labute approximate surface area is 218 Å². The van der Waals surface area contributed by atoms with Gasteiger partial charge >= 0.3 is 0 Å². The molecule has 1 atom stereocenters. The van der Waals surface area contributed by atoms with Gasteiger partial charge in [-0.15, -0.1) is 11.3 Å². The number of rotatable bonds is 5. The third kappa shape index (κ3) is 4.11. The van der Waals surface area contributed by atoms with Crippen molar-refractivity contribution < 1.29 is 14.6 Å². The van der Waals surface area contributed by atoms with Crippen molar-refractivity contribution >= 4 is 33.7 Å². The summed E-state index contributed by atoms with van der Waals surface area (Å²) in [6.07, 6.45) is 0. The van der Waals surface area contributed by atoms with Crippen LogP contribution in [-0.2, 0) is 15.3 Å². The monoisotopic (exact) mass is 504 g/mol. The summed E-state index contributed by atoms with van der Waals surface area (Å²) in [6, 6.07) is 33.8. The number of phenols is 1. The molecule has 0 bridgehead atoms. The molecule has 4 aromatic carbocycles. The van der Waals surface area contributed by atoms with Gasteiger partial charge in [0.2, 0.25) is 17.5 Å². The molecule has 1 aromatic heterocycles. The summed E-state index contributed by atoms with van der Waals surface area (Å²) in [5, 5.41) is 21.6. The summed E-state index contributed by atoms with van der Waals surface area (Å²) < 4.78 is 6.54. The standard InChI is InChI=1S/C31H24N2O3S/c1-20(34)32-30-29(28-11-6-18-37-28)33-31(36-30,26-9-4-5-10-27(26)35)25-16-14-22(15-17-25)24-13-12-21-7-2-3-8-23(21)19-24/h2-19,33,35H,1H3,(H,32,34). The molecule has 2 heterocycles. The van der Waals surface area contributed by atoms with Gasteiger partial charge in [0.1, 0.15) is 11.4 Å². The van der Waals surface area contributed by atoms with Crippen LogP contribution in [0.5, 0.6) is 5.75 Å². The first-order valence-electron chi connectivity index (χ1n) is 11.9. The average Bonchev–Trinajstić information content (AvgIpc) is 3.57. The highest BCUT2D eigenvalue weighted by Gasteiger charge is 2.46. The number of aromatic hydroxyl groups is 1. The predicted octanol–water partition coefficient (Wildman–Crippen LogP) is 6.56. The number of ether oxygens (including phenoxy) is 1. The SMILES string of the molecule is CC(=O)NC1=C(c2cccs2)NC(c2ccc(-c3ccc4ccccc4c3)cc2)(c2ccccc2O)O1. The Morgan fingerprint density at radius 2 is 1.59 bits per heavy atom. The average molecular weight is 505 g/mol. The lowest BCUT2D eigenvalue weighted by Crippen LogP contribution is -2.40. The molecule has 1 aliphatic rings. The van der Waals surface area contributed by atoms with Gasteiger partial charge in [-0.05, 0) is 51.5 Å². The molecule has 0 saturated carbocycles. The maximum absolute atomic E-state index is 12.1. The molecule has 0 aliphatic carbocycles. The van der Waals surface area contributed by atoms with Crippen molar-refractivity contribution in [2.75, 3.05) is 0 Å². The molecule has 5 nitrogen and oxygen atoms in total. The van der Waals surface area contributed by atoms with E-state index in [9.17, 15) is 9.90 Å². The molecule has 0 spiro atoms. The van der Waals surface area contributed by atoms with E-state index >= 15 is 0 Å². The zero-order valence-electron chi connectivity index (χ0n) is 20.1. The first-order valence-corrected chi connectivity index (χ1v) is 12.8. The van der Waals surface area contributed by atoms with Gasteiger partial charge in [-0.2, -0.15) is 0 Å². The molecule has 37 heavy (non-hydrogen) atoms. The molecule has 6 rings (SSSR count). The van der Waals surface area contributed by atoms with Crippen molar-refractivity contribution in [1.29, 1.82) is 0 Å². The van der Waals surface area contributed by atoms with Crippen molar-refractivity contribution in [2.24, 2.45) is 0 Å². The van der Waals surface area contributed by atoms with E-state index in [2.05, 4.69) is 41.0 Å². The number of carbonyl (C=O) groups is 1. The Kier molecular flexibility index (Phi) is 5.66. The number of para-hydroxylation sites is 1. The Balaban J connectivity index is 1.45. The lowest BCUT2D eigenvalue weighted by Gasteiger charge is -2.32. The van der Waals surface area contributed by atoms with Crippen LogP contribution in [0, 0.1) is 0 Å². The number of nitrogens with one attached hydrogen (secondary N) is 2. The lowest BCUT2D eigenvalue weighted by atomic mass is 9.91. The van der Waals surface area contributed by atoms with Gasteiger partial charge in [-0.3, -0.25) is 10.1 Å². The van der Waals surface area contributed by atoms with Crippen LogP contribution in [-0.4, -0.2) is 11.0 Å². The van der Waals surface area contributed by atoms with Crippen LogP contribution in [0.15, 0.2) is 114 Å². The van der Waals surface area contributed by atoms with Crippen molar-refractivity contribution in [1.82, 2.24) is 10.6 Å². The fourth-order valence-corrected chi connectivity index (χ4v) is 5.47. The van der Waals surface area contributed by atoms with Crippen molar-refractivity contribution in [2.45, 2.75) is 12.6 Å². The first-order chi connectivity index (χ1) is 18.0. The van der Waals surface area contributed by atoms with E-state index in [4.69, 9.17) is 4.74 Å². The number of benzene rings is 4. The van der Waals surface area contributed by atoms with Crippen LogP contribution in [0.25, 0.3) is 27.6 Å². The third-order valence-electron chi connectivity index (χ3n) is 6.50. The normalized spacial score (nSPS) is 16.9. The Morgan fingerprint density at radius 1 is 0.865 bits per heavy atom. The van der Waals surface area contributed by atoms with Gasteiger partial charge in [0.05, 0.1) is 10.4 Å². The molecular weight excluding hydrogens is 480 g/mol. The summed E-state index contributed by atoms with van der Waals surface area (Å²) >= 11 is 1.53. The minimum absolute atomic E-state index is 0.0863. The Morgan fingerprint density at radius 3 is 2.32 bits per heavy atom. The topological polar surface area (TPSA) is 70.6 Å². The van der Waals surface area contributed by atoms with E-state index in [1.165, 1.54) is 29.0 Å². The Bertz CT molecular complexity index is 1640. The van der Waals surface area contributed by atoms with Crippen molar-refractivity contribution in [3.05, 3.63) is 130 Å². The fourth-order valence-electron chi connectivity index (χ4n) is 4.75. The quantitative estimate of drug-likeness (QED) is 0.254. The smallest absolute Gasteiger partial charge is 0.239 e. The largest absolute Gasteiger partial charge is 0.507 e. The van der Waals surface area contributed by atoms with Crippen LogP contribution < -0.4 is 10.6 Å². The lowest BCUT2D eigenvalue weighted by molar-refractivity contribution is -0.119. The molecule has 182 valence electrons. The summed E-state index contributed by atoms with van der Waals surface area (Å²) in [5.74, 6) is 0.158. The molecule has 0 radical (unpaired) electrons. The third-order valence-corrected chi connectivity index (χ3v) is 7.39.